The molecular formula is C14H14N4OS. The highest BCUT2D eigenvalue weighted by atomic mass is 32.2. The molecule has 0 saturated carbocycles. The number of aliphatic imine (C=N–C) groups is 4. The predicted molar refractivity (Wildman–Crippen MR) is 84.2 cm³/mol. The minimum atomic E-state index is -0.237. The zero-order valence-corrected chi connectivity index (χ0v) is 11.7. The first-order chi connectivity index (χ1) is 9.93. The first-order valence-electron chi connectivity index (χ1n) is 6.37. The topological polar surface area (TPSA) is 58.7 Å². The molecule has 0 fully saturated rings. The summed E-state index contributed by atoms with van der Waals surface area (Å²) in [6.07, 6.45) is 2.97. The van der Waals surface area contributed by atoms with Gasteiger partial charge in [0.05, 0.1) is 6.61 Å². The van der Waals surface area contributed by atoms with Gasteiger partial charge in [-0.25, -0.2) is 15.0 Å². The van der Waals surface area contributed by atoms with Crippen molar-refractivity contribution in [3.8, 4) is 0 Å². The van der Waals surface area contributed by atoms with E-state index in [1.807, 2.05) is 17.8 Å². The Morgan fingerprint density at radius 1 is 1.10 bits per heavy atom. The smallest absolute Gasteiger partial charge is 0.223 e. The molecule has 2 aliphatic heterocycles. The minimum Gasteiger partial charge on any atom is -0.478 e. The molecule has 1 aromatic carbocycles. The number of fused-ring (bicyclic) bond motifs is 1. The van der Waals surface area contributed by atoms with Gasteiger partial charge in [0.15, 0.2) is 11.9 Å². The summed E-state index contributed by atoms with van der Waals surface area (Å²) in [5, 5.41) is 0. The lowest BCUT2D eigenvalue weighted by Gasteiger charge is -2.14. The Labute approximate surface area is 121 Å². The van der Waals surface area contributed by atoms with Crippen LogP contribution in [0.2, 0.25) is 0 Å². The summed E-state index contributed by atoms with van der Waals surface area (Å²) >= 11 is 1.84. The molecule has 102 valence electrons. The zero-order valence-electron chi connectivity index (χ0n) is 10.8. The molecule has 0 spiro atoms. The zero-order chi connectivity index (χ0) is 13.6. The van der Waals surface area contributed by atoms with Crippen LogP contribution < -0.4 is 0 Å². The standard InChI is InChI=1S/C14H14N4OS/c1-2-4-11(5-3-1)8-20-7-6-19-14-12-13(16-9-15-12)17-10-18-14/h1-5,9-10,12H,6-8H2. The van der Waals surface area contributed by atoms with E-state index >= 15 is 0 Å². The number of nitrogens with zero attached hydrogens (tertiary/aromatic N) is 4. The number of hydrogen-bond donors (Lipinski definition) is 0. The second kappa shape index (κ2) is 6.47. The fourth-order valence-corrected chi connectivity index (χ4v) is 2.65. The number of thioether (sulfide) groups is 1. The highest BCUT2D eigenvalue weighted by molar-refractivity contribution is 7.98. The summed E-state index contributed by atoms with van der Waals surface area (Å²) in [5.41, 5.74) is 1.33. The molecule has 0 N–H and O–H groups in total. The first kappa shape index (κ1) is 13.1. The lowest BCUT2D eigenvalue weighted by atomic mass is 10.2. The second-order valence-electron chi connectivity index (χ2n) is 4.25. The molecule has 0 aliphatic carbocycles. The number of amidine groups is 1. The highest BCUT2D eigenvalue weighted by Gasteiger charge is 2.27. The third kappa shape index (κ3) is 3.14. The third-order valence-corrected chi connectivity index (χ3v) is 3.84. The van der Waals surface area contributed by atoms with Gasteiger partial charge in [-0.2, -0.15) is 11.8 Å². The average Bonchev–Trinajstić information content (AvgIpc) is 2.97. The maximum atomic E-state index is 5.68. The molecule has 0 saturated heterocycles. The van der Waals surface area contributed by atoms with E-state index in [0.29, 0.717) is 18.3 Å². The van der Waals surface area contributed by atoms with Crippen LogP contribution in [0.25, 0.3) is 0 Å². The molecule has 1 atom stereocenters. The van der Waals surface area contributed by atoms with Crippen molar-refractivity contribution in [1.82, 2.24) is 0 Å². The summed E-state index contributed by atoms with van der Waals surface area (Å²) in [7, 11) is 0. The molecule has 0 amide bonds. The Morgan fingerprint density at radius 2 is 2.00 bits per heavy atom. The Kier molecular flexibility index (Phi) is 4.22. The van der Waals surface area contributed by atoms with Crippen molar-refractivity contribution in [2.24, 2.45) is 20.0 Å². The summed E-state index contributed by atoms with van der Waals surface area (Å²) in [6.45, 7) is 0.615. The van der Waals surface area contributed by atoms with Crippen molar-refractivity contribution in [2.45, 2.75) is 11.8 Å². The van der Waals surface area contributed by atoms with Crippen LogP contribution in [0.1, 0.15) is 5.56 Å². The number of benzene rings is 1. The van der Waals surface area contributed by atoms with Crippen LogP contribution in [0.4, 0.5) is 0 Å². The Morgan fingerprint density at radius 3 is 2.90 bits per heavy atom. The molecular weight excluding hydrogens is 272 g/mol. The summed E-state index contributed by atoms with van der Waals surface area (Å²) in [5.74, 6) is 3.15. The predicted octanol–water partition coefficient (Wildman–Crippen LogP) is 2.19. The van der Waals surface area contributed by atoms with Crippen LogP contribution in [0, 0.1) is 0 Å². The van der Waals surface area contributed by atoms with Crippen LogP contribution in [-0.2, 0) is 10.5 Å². The van der Waals surface area contributed by atoms with Gasteiger partial charge in [-0.1, -0.05) is 30.3 Å². The Bertz CT molecular complexity index is 580. The lowest BCUT2D eigenvalue weighted by molar-refractivity contribution is 0.322. The minimum absolute atomic E-state index is 0.237. The van der Waals surface area contributed by atoms with E-state index in [2.05, 4.69) is 44.2 Å². The quantitative estimate of drug-likeness (QED) is 0.779. The molecule has 0 radical (unpaired) electrons. The molecule has 2 aliphatic rings. The summed E-state index contributed by atoms with van der Waals surface area (Å²) in [4.78, 5) is 16.4. The lowest BCUT2D eigenvalue weighted by Crippen LogP contribution is -2.30. The van der Waals surface area contributed by atoms with Crippen LogP contribution in [0.15, 0.2) is 50.3 Å². The molecule has 1 aromatic rings. The van der Waals surface area contributed by atoms with Gasteiger partial charge in [-0.3, -0.25) is 4.99 Å². The monoisotopic (exact) mass is 286 g/mol. The van der Waals surface area contributed by atoms with Crippen molar-refractivity contribution in [3.05, 3.63) is 35.9 Å². The largest absolute Gasteiger partial charge is 0.478 e. The van der Waals surface area contributed by atoms with Crippen molar-refractivity contribution in [3.63, 3.8) is 0 Å². The first-order valence-corrected chi connectivity index (χ1v) is 7.53. The molecule has 0 aromatic heterocycles. The van der Waals surface area contributed by atoms with Crippen LogP contribution in [0.3, 0.4) is 0 Å². The van der Waals surface area contributed by atoms with Gasteiger partial charge >= 0.3 is 0 Å². The van der Waals surface area contributed by atoms with Gasteiger partial charge in [0.2, 0.25) is 5.90 Å². The SMILES string of the molecule is C1=NC2=NC=NC2C(OCCSCc2ccccc2)=N1. The third-order valence-electron chi connectivity index (χ3n) is 2.85. The van der Waals surface area contributed by atoms with Crippen molar-refractivity contribution >= 4 is 36.2 Å². The van der Waals surface area contributed by atoms with Crippen LogP contribution in [-0.4, -0.2) is 42.8 Å². The normalized spacial score (nSPS) is 19.5. The van der Waals surface area contributed by atoms with Gasteiger partial charge in [0.25, 0.3) is 0 Å². The summed E-state index contributed by atoms with van der Waals surface area (Å²) in [6, 6.07) is 10.2. The number of ether oxygens (including phenoxy) is 1. The van der Waals surface area contributed by atoms with E-state index in [0.717, 1.165) is 11.5 Å². The second-order valence-corrected chi connectivity index (χ2v) is 5.36. The van der Waals surface area contributed by atoms with Gasteiger partial charge in [-0.15, -0.1) is 0 Å². The van der Waals surface area contributed by atoms with Gasteiger partial charge in [0.1, 0.15) is 12.7 Å². The molecule has 2 heterocycles. The fraction of sp³-hybridized carbons (Fsp3) is 0.286. The highest BCUT2D eigenvalue weighted by Crippen LogP contribution is 2.13. The molecule has 3 rings (SSSR count). The van der Waals surface area contributed by atoms with E-state index in [1.54, 1.807) is 0 Å². The molecule has 5 nitrogen and oxygen atoms in total. The van der Waals surface area contributed by atoms with E-state index in [-0.39, 0.29) is 6.04 Å². The maximum absolute atomic E-state index is 5.68. The number of rotatable bonds is 5. The van der Waals surface area contributed by atoms with E-state index in [1.165, 1.54) is 18.2 Å². The van der Waals surface area contributed by atoms with Crippen molar-refractivity contribution < 1.29 is 4.74 Å². The Hall–Kier alpha value is -1.95. The fourth-order valence-electron chi connectivity index (χ4n) is 1.88. The molecule has 1 unspecified atom stereocenters. The molecule has 20 heavy (non-hydrogen) atoms. The van der Waals surface area contributed by atoms with Crippen LogP contribution in [0.5, 0.6) is 0 Å². The molecule has 6 heteroatoms. The molecule has 0 bridgehead atoms. The van der Waals surface area contributed by atoms with Crippen molar-refractivity contribution in [2.75, 3.05) is 12.4 Å². The van der Waals surface area contributed by atoms with Gasteiger partial charge in [-0.05, 0) is 5.56 Å². The van der Waals surface area contributed by atoms with E-state index in [9.17, 15) is 0 Å². The van der Waals surface area contributed by atoms with Gasteiger partial charge < -0.3 is 4.74 Å². The van der Waals surface area contributed by atoms with Gasteiger partial charge in [0, 0.05) is 11.5 Å². The van der Waals surface area contributed by atoms with Crippen LogP contribution >= 0.6 is 11.8 Å². The number of hydrogen-bond acceptors (Lipinski definition) is 6. The Balaban J connectivity index is 1.40. The van der Waals surface area contributed by atoms with E-state index < -0.39 is 0 Å². The summed E-state index contributed by atoms with van der Waals surface area (Å²) < 4.78 is 5.68. The maximum Gasteiger partial charge on any atom is 0.223 e. The van der Waals surface area contributed by atoms with Crippen molar-refractivity contribution in [1.29, 1.82) is 0 Å². The average molecular weight is 286 g/mol. The van der Waals surface area contributed by atoms with E-state index in [4.69, 9.17) is 4.74 Å².